The Bertz CT molecular complexity index is 534. The van der Waals surface area contributed by atoms with Crippen molar-refractivity contribution in [3.63, 3.8) is 0 Å². The van der Waals surface area contributed by atoms with Crippen LogP contribution in [0.15, 0.2) is 18.3 Å². The maximum atomic E-state index is 4.61. The normalized spacial score (nSPS) is 15.2. The molecular formula is C14H20N4. The second kappa shape index (κ2) is 4.59. The largest absolute Gasteiger partial charge is 0.342 e. The number of hydrogen-bond acceptors (Lipinski definition) is 2. The number of hydrogen-bond donors (Lipinski definition) is 0. The highest BCUT2D eigenvalue weighted by Crippen LogP contribution is 2.38. The smallest absolute Gasteiger partial charge is 0.175 e. The van der Waals surface area contributed by atoms with Gasteiger partial charge in [0.2, 0.25) is 0 Å². The lowest BCUT2D eigenvalue weighted by molar-refractivity contribution is 0.569. The molecule has 18 heavy (non-hydrogen) atoms. The molecule has 3 rings (SSSR count). The number of aryl methyl sites for hydroxylation is 2. The van der Waals surface area contributed by atoms with Crippen molar-refractivity contribution in [2.75, 3.05) is 0 Å². The minimum atomic E-state index is 0.687. The molecule has 0 amide bonds. The Labute approximate surface area is 108 Å². The second-order valence-corrected chi connectivity index (χ2v) is 5.09. The Morgan fingerprint density at radius 3 is 2.94 bits per heavy atom. The molecule has 0 aromatic carbocycles. The zero-order chi connectivity index (χ0) is 12.5. The Balaban J connectivity index is 1.96. The van der Waals surface area contributed by atoms with E-state index in [0.717, 1.165) is 24.6 Å². The third-order valence-electron chi connectivity index (χ3n) is 3.45. The molecule has 0 unspecified atom stereocenters. The lowest BCUT2D eigenvalue weighted by Crippen LogP contribution is -2.05. The van der Waals surface area contributed by atoms with E-state index in [2.05, 4.69) is 44.6 Å². The van der Waals surface area contributed by atoms with Gasteiger partial charge in [0.15, 0.2) is 5.82 Å². The van der Waals surface area contributed by atoms with Gasteiger partial charge < -0.3 is 4.57 Å². The van der Waals surface area contributed by atoms with Crippen molar-refractivity contribution in [3.8, 4) is 11.5 Å². The van der Waals surface area contributed by atoms with Crippen LogP contribution in [0.3, 0.4) is 0 Å². The van der Waals surface area contributed by atoms with E-state index in [1.54, 1.807) is 0 Å². The van der Waals surface area contributed by atoms with Crippen LogP contribution in [0.4, 0.5) is 0 Å². The molecule has 2 aromatic heterocycles. The molecule has 0 radical (unpaired) electrons. The Morgan fingerprint density at radius 1 is 1.39 bits per heavy atom. The molecule has 0 spiro atoms. The van der Waals surface area contributed by atoms with Crippen LogP contribution in [0.1, 0.15) is 44.5 Å². The van der Waals surface area contributed by atoms with Crippen LogP contribution in [-0.4, -0.2) is 19.3 Å². The van der Waals surface area contributed by atoms with Gasteiger partial charge in [-0.05, 0) is 38.3 Å². The molecule has 0 aliphatic heterocycles. The second-order valence-electron chi connectivity index (χ2n) is 5.09. The fourth-order valence-electron chi connectivity index (χ4n) is 2.36. The summed E-state index contributed by atoms with van der Waals surface area (Å²) in [6.45, 7) is 5.13. The van der Waals surface area contributed by atoms with Gasteiger partial charge in [0.05, 0.1) is 5.69 Å². The maximum Gasteiger partial charge on any atom is 0.175 e. The molecular weight excluding hydrogens is 224 g/mol. The molecule has 4 heteroatoms. The SMILES string of the molecule is CCCCn1nc(C)nc1-c1cccn1C1CC1. The zero-order valence-electron chi connectivity index (χ0n) is 11.1. The first kappa shape index (κ1) is 11.5. The van der Waals surface area contributed by atoms with E-state index in [4.69, 9.17) is 0 Å². The van der Waals surface area contributed by atoms with E-state index in [1.807, 2.05) is 6.92 Å². The van der Waals surface area contributed by atoms with Crippen LogP contribution in [0.2, 0.25) is 0 Å². The molecule has 1 aliphatic rings. The summed E-state index contributed by atoms with van der Waals surface area (Å²) in [4.78, 5) is 4.61. The summed E-state index contributed by atoms with van der Waals surface area (Å²) >= 11 is 0. The first-order chi connectivity index (χ1) is 8.79. The molecule has 4 nitrogen and oxygen atoms in total. The van der Waals surface area contributed by atoms with Gasteiger partial charge in [0.25, 0.3) is 0 Å². The van der Waals surface area contributed by atoms with Crippen molar-refractivity contribution in [1.29, 1.82) is 0 Å². The van der Waals surface area contributed by atoms with Crippen LogP contribution in [0.5, 0.6) is 0 Å². The fourth-order valence-corrected chi connectivity index (χ4v) is 2.36. The van der Waals surface area contributed by atoms with E-state index < -0.39 is 0 Å². The molecule has 96 valence electrons. The quantitative estimate of drug-likeness (QED) is 0.809. The lowest BCUT2D eigenvalue weighted by Gasteiger charge is -2.08. The molecule has 0 N–H and O–H groups in total. The predicted molar refractivity (Wildman–Crippen MR) is 71.4 cm³/mol. The highest BCUT2D eigenvalue weighted by Gasteiger charge is 2.26. The van der Waals surface area contributed by atoms with Crippen molar-refractivity contribution < 1.29 is 0 Å². The van der Waals surface area contributed by atoms with Gasteiger partial charge in [-0.25, -0.2) is 9.67 Å². The molecule has 0 bridgehead atoms. The summed E-state index contributed by atoms with van der Waals surface area (Å²) in [5, 5.41) is 4.52. The van der Waals surface area contributed by atoms with E-state index in [-0.39, 0.29) is 0 Å². The summed E-state index contributed by atoms with van der Waals surface area (Å²) in [5.41, 5.74) is 1.22. The van der Waals surface area contributed by atoms with Gasteiger partial charge in [0.1, 0.15) is 5.82 Å². The molecule has 1 fully saturated rings. The minimum Gasteiger partial charge on any atom is -0.342 e. The van der Waals surface area contributed by atoms with Gasteiger partial charge >= 0.3 is 0 Å². The highest BCUT2D eigenvalue weighted by atomic mass is 15.4. The monoisotopic (exact) mass is 244 g/mol. The molecule has 2 aromatic rings. The molecule has 1 saturated carbocycles. The topological polar surface area (TPSA) is 35.6 Å². The van der Waals surface area contributed by atoms with Crippen LogP contribution >= 0.6 is 0 Å². The van der Waals surface area contributed by atoms with E-state index >= 15 is 0 Å². The first-order valence-electron chi connectivity index (χ1n) is 6.88. The maximum absolute atomic E-state index is 4.61. The molecule has 0 saturated heterocycles. The highest BCUT2D eigenvalue weighted by molar-refractivity contribution is 5.51. The molecule has 0 atom stereocenters. The Kier molecular flexibility index (Phi) is 2.94. The van der Waals surface area contributed by atoms with Crippen molar-refractivity contribution >= 4 is 0 Å². The fraction of sp³-hybridized carbons (Fsp3) is 0.571. The first-order valence-corrected chi connectivity index (χ1v) is 6.88. The average Bonchev–Trinajstić information content (AvgIpc) is 2.97. The zero-order valence-corrected chi connectivity index (χ0v) is 11.1. The number of aromatic nitrogens is 4. The van der Waals surface area contributed by atoms with Gasteiger partial charge in [-0.2, -0.15) is 5.10 Å². The molecule has 1 aliphatic carbocycles. The third-order valence-corrected chi connectivity index (χ3v) is 3.45. The van der Waals surface area contributed by atoms with Crippen molar-refractivity contribution in [2.24, 2.45) is 0 Å². The van der Waals surface area contributed by atoms with Gasteiger partial charge in [0, 0.05) is 18.8 Å². The van der Waals surface area contributed by atoms with E-state index in [9.17, 15) is 0 Å². The number of nitrogens with zero attached hydrogens (tertiary/aromatic N) is 4. The summed E-state index contributed by atoms with van der Waals surface area (Å²) in [6.07, 6.45) is 7.09. The van der Waals surface area contributed by atoms with Crippen molar-refractivity contribution in [3.05, 3.63) is 24.2 Å². The van der Waals surface area contributed by atoms with Crippen LogP contribution in [-0.2, 0) is 6.54 Å². The third kappa shape index (κ3) is 2.07. The lowest BCUT2D eigenvalue weighted by atomic mass is 10.3. The standard InChI is InChI=1S/C14H20N4/c1-3-4-10-18-14(15-11(2)16-18)13-6-5-9-17(13)12-7-8-12/h5-6,9,12H,3-4,7-8,10H2,1-2H3. The van der Waals surface area contributed by atoms with E-state index in [0.29, 0.717) is 6.04 Å². The van der Waals surface area contributed by atoms with Gasteiger partial charge in [-0.15, -0.1) is 0 Å². The molecule has 2 heterocycles. The number of rotatable bonds is 5. The summed E-state index contributed by atoms with van der Waals surface area (Å²) < 4.78 is 4.42. The predicted octanol–water partition coefficient (Wildman–Crippen LogP) is 3.19. The Hall–Kier alpha value is -1.58. The number of unbranched alkanes of at least 4 members (excludes halogenated alkanes) is 1. The van der Waals surface area contributed by atoms with E-state index in [1.165, 1.54) is 25.0 Å². The average molecular weight is 244 g/mol. The minimum absolute atomic E-state index is 0.687. The van der Waals surface area contributed by atoms with Crippen molar-refractivity contribution in [2.45, 2.75) is 52.1 Å². The van der Waals surface area contributed by atoms with Crippen molar-refractivity contribution in [1.82, 2.24) is 19.3 Å². The summed E-state index contributed by atoms with van der Waals surface area (Å²) in [6, 6.07) is 4.96. The van der Waals surface area contributed by atoms with Gasteiger partial charge in [-0.1, -0.05) is 13.3 Å². The van der Waals surface area contributed by atoms with Crippen LogP contribution in [0.25, 0.3) is 11.5 Å². The summed E-state index contributed by atoms with van der Waals surface area (Å²) in [5.74, 6) is 1.89. The van der Waals surface area contributed by atoms with Crippen LogP contribution in [0, 0.1) is 6.92 Å². The Morgan fingerprint density at radius 2 is 2.22 bits per heavy atom. The summed E-state index contributed by atoms with van der Waals surface area (Å²) in [7, 11) is 0. The van der Waals surface area contributed by atoms with Crippen LogP contribution < -0.4 is 0 Å². The van der Waals surface area contributed by atoms with Gasteiger partial charge in [-0.3, -0.25) is 0 Å².